The molecular formula is C25H27N3O4S. The number of para-hydroxylation sites is 2. The molecule has 2 N–H and O–H groups in total. The molecule has 0 fully saturated rings. The number of carbonyl (C=O) groups is 2. The Kier molecular flexibility index (Phi) is 7.63. The van der Waals surface area contributed by atoms with E-state index in [-0.39, 0.29) is 29.3 Å². The highest BCUT2D eigenvalue weighted by Crippen LogP contribution is 2.22. The Morgan fingerprint density at radius 1 is 0.879 bits per heavy atom. The summed E-state index contributed by atoms with van der Waals surface area (Å²) in [4.78, 5) is 27.5. The maximum atomic E-state index is 12.7. The number of nitrogens with zero attached hydrogens (tertiary/aromatic N) is 1. The number of nitrogens with one attached hydrogen (secondary N) is 2. The third kappa shape index (κ3) is 6.50. The van der Waals surface area contributed by atoms with Gasteiger partial charge in [-0.25, -0.2) is 8.42 Å². The van der Waals surface area contributed by atoms with Gasteiger partial charge in [0.15, 0.2) is 9.84 Å². The summed E-state index contributed by atoms with van der Waals surface area (Å²) in [7, 11) is -1.45. The minimum atomic E-state index is -3.26. The van der Waals surface area contributed by atoms with Crippen molar-refractivity contribution >= 4 is 33.0 Å². The lowest BCUT2D eigenvalue weighted by atomic mass is 10.1. The van der Waals surface area contributed by atoms with Gasteiger partial charge in [-0.3, -0.25) is 14.5 Å². The number of hydrogen-bond donors (Lipinski definition) is 2. The number of likely N-dealkylation sites (N-methyl/N-ethyl adjacent to an activating group) is 1. The van der Waals surface area contributed by atoms with Gasteiger partial charge in [0.25, 0.3) is 5.91 Å². The van der Waals surface area contributed by atoms with Gasteiger partial charge in [0, 0.05) is 18.0 Å². The molecule has 8 heteroatoms. The number of rotatable bonds is 8. The Morgan fingerprint density at radius 3 is 2.12 bits per heavy atom. The molecule has 0 aliphatic rings. The second kappa shape index (κ2) is 10.4. The fourth-order valence-electron chi connectivity index (χ4n) is 3.31. The zero-order valence-corrected chi connectivity index (χ0v) is 19.6. The molecule has 0 aliphatic carbocycles. The van der Waals surface area contributed by atoms with Crippen LogP contribution in [0.25, 0.3) is 0 Å². The molecule has 0 saturated carbocycles. The van der Waals surface area contributed by atoms with Crippen LogP contribution in [0.4, 0.5) is 11.4 Å². The summed E-state index contributed by atoms with van der Waals surface area (Å²) in [5, 5.41) is 5.65. The van der Waals surface area contributed by atoms with Crippen molar-refractivity contribution in [2.75, 3.05) is 30.5 Å². The lowest BCUT2D eigenvalue weighted by Crippen LogP contribution is -2.32. The lowest BCUT2D eigenvalue weighted by Gasteiger charge is -2.25. The predicted molar refractivity (Wildman–Crippen MR) is 130 cm³/mol. The van der Waals surface area contributed by atoms with Crippen LogP contribution in [0.1, 0.15) is 28.9 Å². The molecular weight excluding hydrogens is 438 g/mol. The van der Waals surface area contributed by atoms with Crippen LogP contribution in [0.3, 0.4) is 0 Å². The molecule has 0 saturated heterocycles. The second-order valence-electron chi connectivity index (χ2n) is 7.85. The van der Waals surface area contributed by atoms with E-state index < -0.39 is 9.84 Å². The molecule has 3 aromatic carbocycles. The Balaban J connectivity index is 1.65. The number of benzene rings is 3. The van der Waals surface area contributed by atoms with Gasteiger partial charge in [0.05, 0.1) is 22.7 Å². The van der Waals surface area contributed by atoms with Crippen LogP contribution in [-0.2, 0) is 14.6 Å². The molecule has 33 heavy (non-hydrogen) atoms. The normalized spacial score (nSPS) is 12.2. The van der Waals surface area contributed by atoms with Crippen LogP contribution >= 0.6 is 0 Å². The SMILES string of the molecule is CC(c1ccc(S(C)(=O)=O)cc1)N(C)CC(=O)Nc1ccccc1C(=O)Nc1ccccc1. The van der Waals surface area contributed by atoms with E-state index in [1.54, 1.807) is 60.7 Å². The summed E-state index contributed by atoms with van der Waals surface area (Å²) in [6, 6.07) is 22.4. The third-order valence-corrected chi connectivity index (χ3v) is 6.45. The van der Waals surface area contributed by atoms with Gasteiger partial charge in [-0.1, -0.05) is 42.5 Å². The fourth-order valence-corrected chi connectivity index (χ4v) is 3.94. The van der Waals surface area contributed by atoms with E-state index >= 15 is 0 Å². The fraction of sp³-hybridized carbons (Fsp3) is 0.200. The van der Waals surface area contributed by atoms with Crippen molar-refractivity contribution in [3.8, 4) is 0 Å². The summed E-state index contributed by atoms with van der Waals surface area (Å²) in [5.74, 6) is -0.582. The third-order valence-electron chi connectivity index (χ3n) is 5.32. The van der Waals surface area contributed by atoms with Crippen LogP contribution in [-0.4, -0.2) is 45.0 Å². The Bertz CT molecular complexity index is 1230. The maximum absolute atomic E-state index is 12.7. The van der Waals surface area contributed by atoms with Gasteiger partial charge in [0.1, 0.15) is 0 Å². The van der Waals surface area contributed by atoms with E-state index in [1.165, 1.54) is 6.26 Å². The first kappa shape index (κ1) is 24.2. The van der Waals surface area contributed by atoms with Crippen molar-refractivity contribution in [2.24, 2.45) is 0 Å². The molecule has 7 nitrogen and oxygen atoms in total. The zero-order chi connectivity index (χ0) is 24.0. The van der Waals surface area contributed by atoms with Crippen molar-refractivity contribution in [2.45, 2.75) is 17.9 Å². The van der Waals surface area contributed by atoms with Crippen molar-refractivity contribution in [3.05, 3.63) is 90.0 Å². The van der Waals surface area contributed by atoms with Crippen molar-refractivity contribution in [1.29, 1.82) is 0 Å². The first-order valence-electron chi connectivity index (χ1n) is 10.4. The van der Waals surface area contributed by atoms with Crippen LogP contribution < -0.4 is 10.6 Å². The van der Waals surface area contributed by atoms with Gasteiger partial charge >= 0.3 is 0 Å². The Morgan fingerprint density at radius 2 is 1.48 bits per heavy atom. The van der Waals surface area contributed by atoms with Crippen molar-refractivity contribution < 1.29 is 18.0 Å². The van der Waals surface area contributed by atoms with Gasteiger partial charge in [-0.15, -0.1) is 0 Å². The van der Waals surface area contributed by atoms with Crippen molar-refractivity contribution in [1.82, 2.24) is 4.90 Å². The number of hydrogen-bond acceptors (Lipinski definition) is 5. The van der Waals surface area contributed by atoms with E-state index in [1.807, 2.05) is 37.1 Å². The molecule has 0 aliphatic heterocycles. The van der Waals surface area contributed by atoms with Crippen LogP contribution in [0, 0.1) is 0 Å². The number of carbonyl (C=O) groups excluding carboxylic acids is 2. The highest BCUT2D eigenvalue weighted by atomic mass is 32.2. The average Bonchev–Trinajstić information content (AvgIpc) is 2.79. The lowest BCUT2D eigenvalue weighted by molar-refractivity contribution is -0.117. The first-order chi connectivity index (χ1) is 15.6. The van der Waals surface area contributed by atoms with E-state index in [0.29, 0.717) is 16.9 Å². The van der Waals surface area contributed by atoms with Crippen LogP contribution in [0.15, 0.2) is 83.8 Å². The molecule has 0 spiro atoms. The highest BCUT2D eigenvalue weighted by Gasteiger charge is 2.18. The number of amides is 2. The van der Waals surface area contributed by atoms with E-state index in [4.69, 9.17) is 0 Å². The largest absolute Gasteiger partial charge is 0.324 e. The van der Waals surface area contributed by atoms with Gasteiger partial charge < -0.3 is 10.6 Å². The van der Waals surface area contributed by atoms with Gasteiger partial charge in [-0.2, -0.15) is 0 Å². The summed E-state index contributed by atoms with van der Waals surface area (Å²) < 4.78 is 23.3. The van der Waals surface area contributed by atoms with Crippen molar-refractivity contribution in [3.63, 3.8) is 0 Å². The molecule has 1 atom stereocenters. The minimum absolute atomic E-state index is 0.0869. The molecule has 3 rings (SSSR count). The highest BCUT2D eigenvalue weighted by molar-refractivity contribution is 7.90. The number of anilines is 2. The molecule has 2 amide bonds. The van der Waals surface area contributed by atoms with Gasteiger partial charge in [0.2, 0.25) is 5.91 Å². The quantitative estimate of drug-likeness (QED) is 0.525. The molecule has 0 radical (unpaired) electrons. The minimum Gasteiger partial charge on any atom is -0.324 e. The second-order valence-corrected chi connectivity index (χ2v) is 9.86. The van der Waals surface area contributed by atoms with E-state index in [0.717, 1.165) is 5.56 Å². The molecule has 1 unspecified atom stereocenters. The monoisotopic (exact) mass is 465 g/mol. The predicted octanol–water partition coefficient (Wildman–Crippen LogP) is 3.97. The van der Waals surface area contributed by atoms with Gasteiger partial charge in [-0.05, 0) is 55.9 Å². The van der Waals surface area contributed by atoms with E-state index in [9.17, 15) is 18.0 Å². The Labute approximate surface area is 194 Å². The smallest absolute Gasteiger partial charge is 0.257 e. The first-order valence-corrected chi connectivity index (χ1v) is 12.3. The standard InChI is InChI=1S/C25H27N3O4S/c1-18(19-13-15-21(16-14-19)33(3,31)32)28(2)17-24(29)27-23-12-8-7-11-22(23)25(30)26-20-9-5-4-6-10-20/h4-16,18H,17H2,1-3H3,(H,26,30)(H,27,29). The molecule has 3 aromatic rings. The van der Waals surface area contributed by atoms with Crippen LogP contribution in [0.5, 0.6) is 0 Å². The van der Waals surface area contributed by atoms with E-state index in [2.05, 4.69) is 10.6 Å². The summed E-state index contributed by atoms with van der Waals surface area (Å²) in [6.07, 6.45) is 1.17. The summed E-state index contributed by atoms with van der Waals surface area (Å²) >= 11 is 0. The average molecular weight is 466 g/mol. The number of sulfone groups is 1. The topological polar surface area (TPSA) is 95.6 Å². The Hall–Kier alpha value is -3.49. The molecule has 172 valence electrons. The van der Waals surface area contributed by atoms with Crippen LogP contribution in [0.2, 0.25) is 0 Å². The summed E-state index contributed by atoms with van der Waals surface area (Å²) in [5.41, 5.74) is 2.34. The molecule has 0 bridgehead atoms. The maximum Gasteiger partial charge on any atom is 0.257 e. The molecule has 0 aromatic heterocycles. The summed E-state index contributed by atoms with van der Waals surface area (Å²) in [6.45, 7) is 2.02. The zero-order valence-electron chi connectivity index (χ0n) is 18.8. The molecule has 0 heterocycles.